The van der Waals surface area contributed by atoms with Crippen molar-refractivity contribution in [3.63, 3.8) is 0 Å². The topological polar surface area (TPSA) is 136 Å². The van der Waals surface area contributed by atoms with Crippen molar-refractivity contribution in [1.29, 1.82) is 0 Å². The van der Waals surface area contributed by atoms with Crippen molar-refractivity contribution in [2.75, 3.05) is 111 Å². The molecule has 0 aliphatic carbocycles. The molecule has 0 aromatic heterocycles. The van der Waals surface area contributed by atoms with Gasteiger partial charge in [0.1, 0.15) is 0 Å². The van der Waals surface area contributed by atoms with Gasteiger partial charge in [0.15, 0.2) is 0 Å². The summed E-state index contributed by atoms with van der Waals surface area (Å²) >= 11 is 0. The van der Waals surface area contributed by atoms with Gasteiger partial charge in [0.25, 0.3) is 0 Å². The van der Waals surface area contributed by atoms with Crippen LogP contribution in [0.4, 0.5) is 0 Å². The van der Waals surface area contributed by atoms with E-state index in [2.05, 4.69) is 58.8 Å². The molecule has 0 aromatic rings. The maximum atomic E-state index is 12.3. The molecule has 2 aliphatic heterocycles. The number of rotatable bonds is 11. The molecule has 2 fully saturated rings. The zero-order valence-corrected chi connectivity index (χ0v) is 26.9. The number of carbonyl (C=O) groups excluding carboxylic acids is 2. The summed E-state index contributed by atoms with van der Waals surface area (Å²) < 4.78 is 0. The molecule has 6 N–H and O–H groups in total. The minimum absolute atomic E-state index is 0.00731. The molecule has 0 radical (unpaired) electrons. The number of carbonyl (C=O) groups is 2. The molecule has 12 heteroatoms. The van der Waals surface area contributed by atoms with E-state index in [1.54, 1.807) is 9.80 Å². The molecule has 0 saturated carbocycles. The monoisotopic (exact) mass is 598 g/mol. The molecule has 246 valence electrons. The van der Waals surface area contributed by atoms with Crippen LogP contribution in [0.2, 0.25) is 0 Å². The molecule has 42 heavy (non-hydrogen) atoms. The molecule has 2 unspecified atom stereocenters. The van der Waals surface area contributed by atoms with Crippen molar-refractivity contribution < 1.29 is 19.8 Å². The standard InChI is InChI=1S/C30H62N8O4/c1-26(2)30(42,27(3)4)29(38-21-13-33-9-17-36(25-41)18-10-34-14-22-38)6-5-28(23-39)37-19-11-31-7-15-35(24-40)16-8-32-12-20-37/h24-29,31-34,39,42H,5-23H2,1-4H3. The average Bonchev–Trinajstić information content (AvgIpc) is 2.96. The molecule has 0 aromatic carbocycles. The van der Waals surface area contributed by atoms with Gasteiger partial charge < -0.3 is 41.3 Å². The fourth-order valence-corrected chi connectivity index (χ4v) is 6.50. The van der Waals surface area contributed by atoms with E-state index in [4.69, 9.17) is 0 Å². The van der Waals surface area contributed by atoms with Gasteiger partial charge >= 0.3 is 0 Å². The van der Waals surface area contributed by atoms with Crippen LogP contribution in [0.5, 0.6) is 0 Å². The van der Waals surface area contributed by atoms with Crippen LogP contribution in [0.15, 0.2) is 0 Å². The first-order chi connectivity index (χ1) is 20.3. The second kappa shape index (κ2) is 20.6. The van der Waals surface area contributed by atoms with E-state index in [1.807, 2.05) is 0 Å². The number of aliphatic hydroxyl groups is 2. The highest BCUT2D eigenvalue weighted by Crippen LogP contribution is 2.35. The van der Waals surface area contributed by atoms with Crippen molar-refractivity contribution in [3.8, 4) is 0 Å². The minimum Gasteiger partial charge on any atom is -0.395 e. The Morgan fingerprint density at radius 1 is 0.619 bits per heavy atom. The summed E-state index contributed by atoms with van der Waals surface area (Å²) in [5, 5.41) is 36.8. The first-order valence-electron chi connectivity index (χ1n) is 16.3. The van der Waals surface area contributed by atoms with Gasteiger partial charge in [0, 0.05) is 117 Å². The highest BCUT2D eigenvalue weighted by atomic mass is 16.3. The number of hydrogen-bond acceptors (Lipinski definition) is 10. The summed E-state index contributed by atoms with van der Waals surface area (Å²) in [5.41, 5.74) is -0.888. The average molecular weight is 599 g/mol. The van der Waals surface area contributed by atoms with Crippen molar-refractivity contribution in [3.05, 3.63) is 0 Å². The summed E-state index contributed by atoms with van der Waals surface area (Å²) in [7, 11) is 0. The van der Waals surface area contributed by atoms with Gasteiger partial charge in [-0.15, -0.1) is 0 Å². The zero-order valence-electron chi connectivity index (χ0n) is 26.9. The van der Waals surface area contributed by atoms with Gasteiger partial charge in [0.05, 0.1) is 12.2 Å². The third-order valence-electron chi connectivity index (χ3n) is 9.23. The Balaban J connectivity index is 2.17. The van der Waals surface area contributed by atoms with E-state index in [-0.39, 0.29) is 30.5 Å². The summed E-state index contributed by atoms with van der Waals surface area (Å²) in [6.07, 6.45) is 3.41. The van der Waals surface area contributed by atoms with Crippen LogP contribution < -0.4 is 21.3 Å². The Hall–Kier alpha value is -1.38. The lowest BCUT2D eigenvalue weighted by Gasteiger charge is -2.49. The van der Waals surface area contributed by atoms with Crippen LogP contribution in [0.3, 0.4) is 0 Å². The molecule has 2 rings (SSSR count). The fourth-order valence-electron chi connectivity index (χ4n) is 6.50. The molecule has 2 heterocycles. The van der Waals surface area contributed by atoms with Gasteiger partial charge in [-0.3, -0.25) is 19.4 Å². The van der Waals surface area contributed by atoms with Gasteiger partial charge in [0.2, 0.25) is 12.8 Å². The lowest BCUT2D eigenvalue weighted by atomic mass is 9.72. The largest absolute Gasteiger partial charge is 0.395 e. The SMILES string of the molecule is CC(C)C(O)(C(C)C)C(CCC(CO)N1CCNCCN(C=O)CCNCC1)N1CCNCCN(C=O)CCNCC1. The predicted molar refractivity (Wildman–Crippen MR) is 168 cm³/mol. The van der Waals surface area contributed by atoms with E-state index in [0.29, 0.717) is 26.2 Å². The maximum Gasteiger partial charge on any atom is 0.209 e. The van der Waals surface area contributed by atoms with Gasteiger partial charge in [-0.1, -0.05) is 27.7 Å². The Labute approximate surface area is 254 Å². The fraction of sp³-hybridized carbons (Fsp3) is 0.933. The summed E-state index contributed by atoms with van der Waals surface area (Å²) in [6.45, 7) is 20.7. The number of amides is 2. The van der Waals surface area contributed by atoms with E-state index in [1.165, 1.54) is 0 Å². The molecule has 0 spiro atoms. The highest BCUT2D eigenvalue weighted by molar-refractivity contribution is 5.47. The molecule has 0 bridgehead atoms. The third kappa shape index (κ3) is 12.0. The van der Waals surface area contributed by atoms with Crippen molar-refractivity contribution >= 4 is 12.8 Å². The molecule has 2 atom stereocenters. The van der Waals surface area contributed by atoms with E-state index >= 15 is 0 Å². The first kappa shape index (κ1) is 36.8. The molecule has 2 aliphatic rings. The Morgan fingerprint density at radius 2 is 0.976 bits per heavy atom. The van der Waals surface area contributed by atoms with Crippen LogP contribution in [-0.4, -0.2) is 172 Å². The number of aliphatic hydroxyl groups excluding tert-OH is 1. The van der Waals surface area contributed by atoms with Crippen LogP contribution in [0.25, 0.3) is 0 Å². The van der Waals surface area contributed by atoms with Crippen molar-refractivity contribution in [1.82, 2.24) is 40.9 Å². The van der Waals surface area contributed by atoms with Crippen molar-refractivity contribution in [2.45, 2.75) is 58.2 Å². The molecular weight excluding hydrogens is 536 g/mol. The van der Waals surface area contributed by atoms with Crippen LogP contribution >= 0.6 is 0 Å². The third-order valence-corrected chi connectivity index (χ3v) is 9.23. The van der Waals surface area contributed by atoms with Crippen LogP contribution in [-0.2, 0) is 9.59 Å². The zero-order chi connectivity index (χ0) is 30.8. The second-order valence-electron chi connectivity index (χ2n) is 12.5. The lowest BCUT2D eigenvalue weighted by Crippen LogP contribution is -2.61. The molecule has 12 nitrogen and oxygen atoms in total. The minimum atomic E-state index is -0.888. The number of nitrogens with one attached hydrogen (secondary N) is 4. The molecule has 2 amide bonds. The quantitative estimate of drug-likeness (QED) is 0.155. The summed E-state index contributed by atoms with van der Waals surface area (Å²) in [5.74, 6) is 0.138. The molecular formula is C30H62N8O4. The van der Waals surface area contributed by atoms with Gasteiger partial charge in [-0.25, -0.2) is 0 Å². The van der Waals surface area contributed by atoms with E-state index in [9.17, 15) is 19.8 Å². The first-order valence-corrected chi connectivity index (χ1v) is 16.3. The van der Waals surface area contributed by atoms with Gasteiger partial charge in [-0.05, 0) is 24.7 Å². The highest BCUT2D eigenvalue weighted by Gasteiger charge is 2.45. The Morgan fingerprint density at radius 3 is 1.31 bits per heavy atom. The van der Waals surface area contributed by atoms with E-state index in [0.717, 1.165) is 104 Å². The molecule has 2 saturated heterocycles. The Bertz CT molecular complexity index is 695. The predicted octanol–water partition coefficient (Wildman–Crippen LogP) is -1.55. The summed E-state index contributed by atoms with van der Waals surface area (Å²) in [4.78, 5) is 31.0. The Kier molecular flexibility index (Phi) is 18.0. The summed E-state index contributed by atoms with van der Waals surface area (Å²) in [6, 6.07) is -0.0744. The smallest absolute Gasteiger partial charge is 0.209 e. The van der Waals surface area contributed by atoms with Crippen LogP contribution in [0.1, 0.15) is 40.5 Å². The number of nitrogens with zero attached hydrogens (tertiary/aromatic N) is 4. The number of hydrogen-bond donors (Lipinski definition) is 6. The second-order valence-corrected chi connectivity index (χ2v) is 12.5. The van der Waals surface area contributed by atoms with Crippen LogP contribution in [0, 0.1) is 11.8 Å². The van der Waals surface area contributed by atoms with E-state index < -0.39 is 5.60 Å². The van der Waals surface area contributed by atoms with Crippen molar-refractivity contribution in [2.24, 2.45) is 11.8 Å². The van der Waals surface area contributed by atoms with Gasteiger partial charge in [-0.2, -0.15) is 0 Å². The maximum absolute atomic E-state index is 12.3. The normalized spacial score (nSPS) is 22.5. The lowest BCUT2D eigenvalue weighted by molar-refractivity contribution is -0.119.